The minimum atomic E-state index is 0.806. The number of halogens is 2. The highest BCUT2D eigenvalue weighted by Gasteiger charge is 2.12. The molecule has 0 N–H and O–H groups in total. The van der Waals surface area contributed by atoms with Crippen molar-refractivity contribution in [3.63, 3.8) is 0 Å². The van der Waals surface area contributed by atoms with Crippen LogP contribution in [0.3, 0.4) is 0 Å². The fourth-order valence-corrected chi connectivity index (χ4v) is 2.63. The average Bonchev–Trinajstić information content (AvgIpc) is 2.81. The third kappa shape index (κ3) is 2.67. The summed E-state index contributed by atoms with van der Waals surface area (Å²) in [6, 6.07) is 6.23. The molecule has 0 aliphatic carbocycles. The van der Waals surface area contributed by atoms with E-state index in [9.17, 15) is 0 Å². The van der Waals surface area contributed by atoms with Crippen LogP contribution in [0.1, 0.15) is 31.1 Å². The van der Waals surface area contributed by atoms with Gasteiger partial charge in [-0.3, -0.25) is 0 Å². The number of hydrogen-bond donors (Lipinski definition) is 0. The lowest BCUT2D eigenvalue weighted by molar-refractivity contribution is 0.785. The molecule has 0 fully saturated rings. The first-order valence-electron chi connectivity index (χ1n) is 5.99. The Hall–Kier alpha value is -0.680. The fraction of sp³-hybridized carbons (Fsp3) is 0.385. The summed E-state index contributed by atoms with van der Waals surface area (Å²) >= 11 is 7.04. The van der Waals surface area contributed by atoms with Crippen LogP contribution in [0.2, 0.25) is 0 Å². The molecule has 0 aliphatic heterocycles. The summed E-state index contributed by atoms with van der Waals surface area (Å²) in [6.07, 6.45) is 1.74. The van der Waals surface area contributed by atoms with Crippen LogP contribution in [0.5, 0.6) is 0 Å². The van der Waals surface area contributed by atoms with Crippen LogP contribution in [0, 0.1) is 0 Å². The van der Waals surface area contributed by atoms with Gasteiger partial charge in [-0.2, -0.15) is 5.10 Å². The summed E-state index contributed by atoms with van der Waals surface area (Å²) in [6.45, 7) is 4.18. The maximum Gasteiger partial charge on any atom is 0.151 e. The molecule has 0 atom stereocenters. The van der Waals surface area contributed by atoms with Crippen molar-refractivity contribution in [3.05, 3.63) is 39.9 Å². The lowest BCUT2D eigenvalue weighted by Crippen LogP contribution is -2.05. The van der Waals surface area contributed by atoms with E-state index in [1.807, 2.05) is 10.7 Å². The summed E-state index contributed by atoms with van der Waals surface area (Å²) in [7, 11) is 0. The molecule has 2 rings (SSSR count). The zero-order valence-corrected chi connectivity index (χ0v) is 13.6. The number of hydrogen-bond acceptors (Lipinski definition) is 2. The molecule has 3 nitrogen and oxygen atoms in total. The smallest absolute Gasteiger partial charge is 0.151 e. The molecule has 0 saturated heterocycles. The van der Waals surface area contributed by atoms with Gasteiger partial charge < -0.3 is 0 Å². The Bertz CT molecular complexity index is 549. The quantitative estimate of drug-likeness (QED) is 0.758. The molecule has 18 heavy (non-hydrogen) atoms. The maximum atomic E-state index is 4.58. The number of nitrogens with zero attached hydrogens (tertiary/aromatic N) is 3. The molecule has 0 saturated carbocycles. The summed E-state index contributed by atoms with van der Waals surface area (Å²) in [5, 5.41) is 5.39. The second kappa shape index (κ2) is 5.97. The minimum Gasteiger partial charge on any atom is -0.217 e. The van der Waals surface area contributed by atoms with Crippen molar-refractivity contribution in [2.45, 2.75) is 32.0 Å². The standard InChI is InChI=1S/C13H15Br2N3/c1-3-12-16-13(4-2)18(17-12)11-7-10(15)6-5-9(11)8-14/h5-7H,3-4,8H2,1-2H3. The number of aryl methyl sites for hydroxylation is 2. The molecule has 96 valence electrons. The molecule has 0 aliphatic rings. The molecule has 0 spiro atoms. The summed E-state index contributed by atoms with van der Waals surface area (Å²) < 4.78 is 3.01. The lowest BCUT2D eigenvalue weighted by atomic mass is 10.2. The van der Waals surface area contributed by atoms with Crippen molar-refractivity contribution in [1.29, 1.82) is 0 Å². The van der Waals surface area contributed by atoms with Gasteiger partial charge >= 0.3 is 0 Å². The molecular weight excluding hydrogens is 358 g/mol. The van der Waals surface area contributed by atoms with Crippen molar-refractivity contribution in [1.82, 2.24) is 14.8 Å². The summed E-state index contributed by atoms with van der Waals surface area (Å²) in [5.41, 5.74) is 2.30. The highest BCUT2D eigenvalue weighted by molar-refractivity contribution is 9.10. The van der Waals surface area contributed by atoms with Gasteiger partial charge in [-0.15, -0.1) is 0 Å². The Morgan fingerprint density at radius 1 is 1.22 bits per heavy atom. The van der Waals surface area contributed by atoms with Gasteiger partial charge in [0.15, 0.2) is 5.82 Å². The minimum absolute atomic E-state index is 0.806. The summed E-state index contributed by atoms with van der Waals surface area (Å²) in [4.78, 5) is 4.55. The van der Waals surface area contributed by atoms with Crippen molar-refractivity contribution >= 4 is 31.9 Å². The lowest BCUT2D eigenvalue weighted by Gasteiger charge is -2.09. The zero-order chi connectivity index (χ0) is 13.1. The average molecular weight is 373 g/mol. The van der Waals surface area contributed by atoms with Gasteiger partial charge in [0.25, 0.3) is 0 Å². The molecule has 0 unspecified atom stereocenters. The Morgan fingerprint density at radius 2 is 2.00 bits per heavy atom. The number of aromatic nitrogens is 3. The van der Waals surface area contributed by atoms with Crippen LogP contribution in [0.25, 0.3) is 5.69 Å². The molecule has 1 heterocycles. The first-order valence-corrected chi connectivity index (χ1v) is 7.90. The van der Waals surface area contributed by atoms with Crippen LogP contribution in [0.15, 0.2) is 22.7 Å². The monoisotopic (exact) mass is 371 g/mol. The number of alkyl halides is 1. The first kappa shape index (κ1) is 13.7. The van der Waals surface area contributed by atoms with E-state index in [0.29, 0.717) is 0 Å². The van der Waals surface area contributed by atoms with Gasteiger partial charge in [-0.1, -0.05) is 51.8 Å². The van der Waals surface area contributed by atoms with E-state index in [4.69, 9.17) is 0 Å². The zero-order valence-electron chi connectivity index (χ0n) is 10.5. The largest absolute Gasteiger partial charge is 0.217 e. The van der Waals surface area contributed by atoms with Gasteiger partial charge in [0.05, 0.1) is 5.69 Å². The SMILES string of the molecule is CCc1nc(CC)n(-c2cc(Br)ccc2CBr)n1. The Balaban J connectivity index is 2.59. The maximum absolute atomic E-state index is 4.58. The van der Waals surface area contributed by atoms with E-state index < -0.39 is 0 Å². The van der Waals surface area contributed by atoms with Crippen molar-refractivity contribution < 1.29 is 0 Å². The Labute approximate surface area is 124 Å². The fourth-order valence-electron chi connectivity index (χ4n) is 1.81. The van der Waals surface area contributed by atoms with Crippen molar-refractivity contribution in [3.8, 4) is 5.69 Å². The van der Waals surface area contributed by atoms with Crippen molar-refractivity contribution in [2.75, 3.05) is 0 Å². The molecule has 1 aromatic carbocycles. The number of benzene rings is 1. The van der Waals surface area contributed by atoms with Gasteiger partial charge in [0, 0.05) is 22.6 Å². The summed E-state index contributed by atoms with van der Waals surface area (Å²) in [5.74, 6) is 1.90. The van der Waals surface area contributed by atoms with Crippen LogP contribution in [-0.4, -0.2) is 14.8 Å². The van der Waals surface area contributed by atoms with E-state index >= 15 is 0 Å². The van der Waals surface area contributed by atoms with E-state index in [-0.39, 0.29) is 0 Å². The van der Waals surface area contributed by atoms with E-state index in [0.717, 1.165) is 40.0 Å². The van der Waals surface area contributed by atoms with Crippen molar-refractivity contribution in [2.24, 2.45) is 0 Å². The predicted molar refractivity (Wildman–Crippen MR) is 80.4 cm³/mol. The molecule has 0 bridgehead atoms. The van der Waals surface area contributed by atoms with E-state index in [1.54, 1.807) is 0 Å². The topological polar surface area (TPSA) is 30.7 Å². The number of rotatable bonds is 4. The first-order chi connectivity index (χ1) is 8.69. The van der Waals surface area contributed by atoms with E-state index in [2.05, 4.69) is 67.9 Å². The molecule has 0 amide bonds. The van der Waals surface area contributed by atoms with Crippen LogP contribution < -0.4 is 0 Å². The Kier molecular flexibility index (Phi) is 4.56. The molecule has 0 radical (unpaired) electrons. The molecule has 5 heteroatoms. The van der Waals surface area contributed by atoms with Gasteiger partial charge in [0.1, 0.15) is 5.82 Å². The van der Waals surface area contributed by atoms with Gasteiger partial charge in [0.2, 0.25) is 0 Å². The predicted octanol–water partition coefficient (Wildman–Crippen LogP) is 4.05. The highest BCUT2D eigenvalue weighted by Crippen LogP contribution is 2.23. The van der Waals surface area contributed by atoms with Crippen LogP contribution in [-0.2, 0) is 18.2 Å². The van der Waals surface area contributed by atoms with Crippen LogP contribution >= 0.6 is 31.9 Å². The second-order valence-electron chi connectivity index (χ2n) is 3.97. The molecule has 2 aromatic rings. The van der Waals surface area contributed by atoms with Crippen LogP contribution in [0.4, 0.5) is 0 Å². The Morgan fingerprint density at radius 3 is 2.61 bits per heavy atom. The highest BCUT2D eigenvalue weighted by atomic mass is 79.9. The van der Waals surface area contributed by atoms with Gasteiger partial charge in [-0.05, 0) is 17.7 Å². The third-order valence-corrected chi connectivity index (χ3v) is 3.87. The second-order valence-corrected chi connectivity index (χ2v) is 5.45. The third-order valence-electron chi connectivity index (χ3n) is 2.77. The van der Waals surface area contributed by atoms with E-state index in [1.165, 1.54) is 5.56 Å². The normalized spacial score (nSPS) is 10.9. The van der Waals surface area contributed by atoms with Gasteiger partial charge in [-0.25, -0.2) is 9.67 Å². The molecular formula is C13H15Br2N3. The molecule has 1 aromatic heterocycles.